The van der Waals surface area contributed by atoms with Gasteiger partial charge in [-0.25, -0.2) is 4.68 Å². The smallest absolute Gasteiger partial charge is 0.240 e. The molecule has 8 nitrogen and oxygen atoms in total. The Labute approximate surface area is 241 Å². The third kappa shape index (κ3) is 7.50. The van der Waals surface area contributed by atoms with Crippen LogP contribution >= 0.6 is 34.8 Å². The first-order valence-corrected chi connectivity index (χ1v) is 13.3. The molecule has 0 aliphatic heterocycles. The summed E-state index contributed by atoms with van der Waals surface area (Å²) in [7, 11) is 0. The summed E-state index contributed by atoms with van der Waals surface area (Å²) in [6.07, 6.45) is 4.19. The number of hydrogen-bond acceptors (Lipinski definition) is 5. The highest BCUT2D eigenvalue weighted by Crippen LogP contribution is 2.30. The third-order valence-corrected chi connectivity index (χ3v) is 7.08. The maximum Gasteiger partial charge on any atom is 0.240 e. The van der Waals surface area contributed by atoms with Gasteiger partial charge in [0.05, 0.1) is 28.0 Å². The predicted octanol–water partition coefficient (Wildman–Crippen LogP) is 5.57. The minimum absolute atomic E-state index is 0.139. The highest BCUT2D eigenvalue weighted by atomic mass is 35.5. The molecular weight excluding hydrogens is 561 g/mol. The minimum atomic E-state index is -0.836. The van der Waals surface area contributed by atoms with Crippen LogP contribution in [0.3, 0.4) is 0 Å². The van der Waals surface area contributed by atoms with Crippen molar-refractivity contribution in [3.8, 4) is 22.8 Å². The summed E-state index contributed by atoms with van der Waals surface area (Å²) in [4.78, 5) is 28.7. The number of rotatable bonds is 11. The van der Waals surface area contributed by atoms with Gasteiger partial charge < -0.3 is 15.8 Å². The Morgan fingerprint density at radius 1 is 1.05 bits per heavy atom. The van der Waals surface area contributed by atoms with Crippen molar-refractivity contribution in [1.82, 2.24) is 20.1 Å². The molecular formula is C28H26Cl3N5O3. The van der Waals surface area contributed by atoms with Crippen molar-refractivity contribution in [2.45, 2.75) is 32.2 Å². The van der Waals surface area contributed by atoms with Gasteiger partial charge in [0, 0.05) is 41.9 Å². The zero-order chi connectivity index (χ0) is 27.9. The number of ether oxygens (including phenoxy) is 1. The number of halogens is 3. The van der Waals surface area contributed by atoms with Crippen LogP contribution in [0.15, 0.2) is 67.0 Å². The van der Waals surface area contributed by atoms with Crippen molar-refractivity contribution in [1.29, 1.82) is 0 Å². The Kier molecular flexibility index (Phi) is 9.45. The number of hydrogen-bond donors (Lipinski definition) is 2. The van der Waals surface area contributed by atoms with Crippen molar-refractivity contribution >= 4 is 46.6 Å². The van der Waals surface area contributed by atoms with Crippen molar-refractivity contribution < 1.29 is 14.3 Å². The molecule has 11 heteroatoms. The number of aryl methyl sites for hydroxylation is 1. The van der Waals surface area contributed by atoms with Crippen molar-refractivity contribution in [3.63, 3.8) is 0 Å². The summed E-state index contributed by atoms with van der Waals surface area (Å²) in [5.74, 6) is -0.455. The molecule has 3 N–H and O–H groups in total. The van der Waals surface area contributed by atoms with Crippen LogP contribution < -0.4 is 15.8 Å². The van der Waals surface area contributed by atoms with Gasteiger partial charge in [-0.2, -0.15) is 5.10 Å². The van der Waals surface area contributed by atoms with E-state index in [2.05, 4.69) is 15.4 Å². The quantitative estimate of drug-likeness (QED) is 0.223. The molecule has 0 saturated heterocycles. The van der Waals surface area contributed by atoms with Crippen molar-refractivity contribution in [3.05, 3.63) is 93.2 Å². The van der Waals surface area contributed by atoms with Crippen LogP contribution in [-0.2, 0) is 16.0 Å². The second-order valence-corrected chi connectivity index (χ2v) is 10.1. The lowest BCUT2D eigenvalue weighted by Crippen LogP contribution is -2.45. The van der Waals surface area contributed by atoms with Crippen LogP contribution in [0.5, 0.6) is 5.88 Å². The molecule has 0 aliphatic rings. The van der Waals surface area contributed by atoms with Crippen LogP contribution in [0, 0.1) is 6.92 Å². The molecule has 0 fully saturated rings. The van der Waals surface area contributed by atoms with Crippen LogP contribution in [-0.4, -0.2) is 39.2 Å². The van der Waals surface area contributed by atoms with Crippen LogP contribution in [0.25, 0.3) is 16.9 Å². The molecule has 0 radical (unpaired) electrons. The Balaban J connectivity index is 1.39. The Hall–Kier alpha value is -3.59. The molecule has 0 saturated carbocycles. The maximum atomic E-state index is 12.6. The lowest BCUT2D eigenvalue weighted by atomic mass is 10.0. The second-order valence-electron chi connectivity index (χ2n) is 8.88. The number of amides is 2. The molecule has 4 aromatic rings. The van der Waals surface area contributed by atoms with E-state index in [0.29, 0.717) is 38.8 Å². The van der Waals surface area contributed by atoms with E-state index in [1.165, 1.54) is 0 Å². The molecule has 39 heavy (non-hydrogen) atoms. The van der Waals surface area contributed by atoms with Gasteiger partial charge in [0.25, 0.3) is 0 Å². The number of carbonyl (C=O) groups is 2. The number of primary amides is 1. The summed E-state index contributed by atoms with van der Waals surface area (Å²) in [5, 5.41) is 8.81. The fraction of sp³-hybridized carbons (Fsp3) is 0.214. The predicted molar refractivity (Wildman–Crippen MR) is 153 cm³/mol. The van der Waals surface area contributed by atoms with E-state index < -0.39 is 11.9 Å². The van der Waals surface area contributed by atoms with Gasteiger partial charge in [-0.05, 0) is 60.9 Å². The van der Waals surface area contributed by atoms with E-state index in [9.17, 15) is 9.59 Å². The first-order chi connectivity index (χ1) is 18.7. The molecule has 2 amide bonds. The molecule has 0 unspecified atom stereocenters. The normalized spacial score (nSPS) is 11.7. The zero-order valence-corrected chi connectivity index (χ0v) is 23.3. The van der Waals surface area contributed by atoms with E-state index in [0.717, 1.165) is 16.7 Å². The molecule has 0 aliphatic carbocycles. The summed E-state index contributed by atoms with van der Waals surface area (Å²) in [6, 6.07) is 15.2. The van der Waals surface area contributed by atoms with Crippen LogP contribution in [0.4, 0.5) is 0 Å². The molecule has 1 atom stereocenters. The summed E-state index contributed by atoms with van der Waals surface area (Å²) < 4.78 is 7.62. The number of carbonyl (C=O) groups excluding carboxylic acids is 2. The Bertz CT molecular complexity index is 1480. The minimum Gasteiger partial charge on any atom is -0.478 e. The lowest BCUT2D eigenvalue weighted by Gasteiger charge is -2.16. The zero-order valence-electron chi connectivity index (χ0n) is 21.0. The molecule has 202 valence electrons. The molecule has 0 spiro atoms. The van der Waals surface area contributed by atoms with Crippen molar-refractivity contribution in [2.75, 3.05) is 6.61 Å². The lowest BCUT2D eigenvalue weighted by molar-refractivity contribution is -0.127. The molecule has 2 heterocycles. The van der Waals surface area contributed by atoms with Crippen LogP contribution in [0.2, 0.25) is 15.1 Å². The Morgan fingerprint density at radius 3 is 2.54 bits per heavy atom. The molecule has 2 aromatic heterocycles. The van der Waals surface area contributed by atoms with E-state index in [1.807, 2.05) is 31.2 Å². The van der Waals surface area contributed by atoms with Crippen molar-refractivity contribution in [2.24, 2.45) is 5.73 Å². The maximum absolute atomic E-state index is 12.6. The largest absolute Gasteiger partial charge is 0.478 e. The standard InChI is InChI=1S/C28H26Cl3N5O3/c1-17-12-18(6-8-21(17)29)13-25(28(32)38)34-26(37)5-3-11-39-27-15-24(19-4-2-10-33-16-19)35-36(27)20-7-9-22(30)23(31)14-20/h2,4,6-10,12,14-16,25H,3,5,11,13H2,1H3,(H2,32,38)(H,34,37)/t25-/m0/s1. The second kappa shape index (κ2) is 13.0. The van der Waals surface area contributed by atoms with Gasteiger partial charge in [0.1, 0.15) is 6.04 Å². The summed E-state index contributed by atoms with van der Waals surface area (Å²) in [6.45, 7) is 2.10. The summed E-state index contributed by atoms with van der Waals surface area (Å²) >= 11 is 18.4. The fourth-order valence-electron chi connectivity index (χ4n) is 3.89. The van der Waals surface area contributed by atoms with Gasteiger partial charge >= 0.3 is 0 Å². The molecule has 0 bridgehead atoms. The Morgan fingerprint density at radius 2 is 1.85 bits per heavy atom. The number of aromatic nitrogens is 3. The van der Waals surface area contributed by atoms with E-state index in [1.54, 1.807) is 47.4 Å². The first kappa shape index (κ1) is 28.4. The van der Waals surface area contributed by atoms with E-state index in [-0.39, 0.29) is 25.4 Å². The number of benzene rings is 2. The average Bonchev–Trinajstić information content (AvgIpc) is 3.34. The van der Waals surface area contributed by atoms with Gasteiger partial charge in [-0.15, -0.1) is 0 Å². The van der Waals surface area contributed by atoms with Gasteiger partial charge in [0.2, 0.25) is 17.7 Å². The number of pyridine rings is 1. The van der Waals surface area contributed by atoms with Gasteiger partial charge in [-0.1, -0.05) is 46.9 Å². The number of nitrogens with two attached hydrogens (primary N) is 1. The highest BCUT2D eigenvalue weighted by molar-refractivity contribution is 6.42. The summed E-state index contributed by atoms with van der Waals surface area (Å²) in [5.41, 5.74) is 9.40. The monoisotopic (exact) mass is 585 g/mol. The average molecular weight is 587 g/mol. The number of nitrogens with zero attached hydrogens (tertiary/aromatic N) is 3. The van der Waals surface area contributed by atoms with Crippen LogP contribution in [0.1, 0.15) is 24.0 Å². The SMILES string of the molecule is Cc1cc(C[C@H](NC(=O)CCCOc2cc(-c3cccnc3)nn2-c2ccc(Cl)c(Cl)c2)C(N)=O)ccc1Cl. The van der Waals surface area contributed by atoms with Gasteiger partial charge in [0.15, 0.2) is 0 Å². The van der Waals surface area contributed by atoms with E-state index >= 15 is 0 Å². The van der Waals surface area contributed by atoms with Gasteiger partial charge in [-0.3, -0.25) is 14.6 Å². The molecule has 2 aromatic carbocycles. The number of nitrogens with one attached hydrogen (secondary N) is 1. The topological polar surface area (TPSA) is 112 Å². The third-order valence-electron chi connectivity index (χ3n) is 5.92. The molecule has 4 rings (SSSR count). The fourth-order valence-corrected chi connectivity index (χ4v) is 4.30. The highest BCUT2D eigenvalue weighted by Gasteiger charge is 2.19. The van der Waals surface area contributed by atoms with E-state index in [4.69, 9.17) is 45.3 Å². The first-order valence-electron chi connectivity index (χ1n) is 12.1.